The first-order valence-corrected chi connectivity index (χ1v) is 5.69. The Labute approximate surface area is 118 Å². The average molecular weight is 291 g/mol. The van der Waals surface area contributed by atoms with Crippen LogP contribution in [-0.4, -0.2) is 12.1 Å². The topological polar surface area (TPSA) is 72.6 Å². The van der Waals surface area contributed by atoms with Crippen molar-refractivity contribution in [1.29, 1.82) is 10.5 Å². The van der Waals surface area contributed by atoms with Crippen molar-refractivity contribution in [3.05, 3.63) is 41.2 Å². The van der Waals surface area contributed by atoms with Crippen LogP contribution in [0.4, 0.5) is 13.2 Å². The van der Waals surface area contributed by atoms with Crippen LogP contribution in [0.25, 0.3) is 11.1 Å². The first-order chi connectivity index (χ1) is 9.92. The molecule has 0 fully saturated rings. The van der Waals surface area contributed by atoms with Crippen molar-refractivity contribution in [3.8, 4) is 29.0 Å². The Morgan fingerprint density at radius 3 is 2.43 bits per heavy atom. The van der Waals surface area contributed by atoms with Gasteiger partial charge in [-0.05, 0) is 17.7 Å². The van der Waals surface area contributed by atoms with Crippen LogP contribution in [0.3, 0.4) is 0 Å². The largest absolute Gasteiger partial charge is 0.495 e. The van der Waals surface area contributed by atoms with E-state index >= 15 is 0 Å². The zero-order chi connectivity index (χ0) is 15.6. The quantitative estimate of drug-likeness (QED) is 0.921. The first-order valence-electron chi connectivity index (χ1n) is 5.69. The molecule has 2 rings (SSSR count). The van der Waals surface area contributed by atoms with Gasteiger partial charge in [0.1, 0.15) is 23.6 Å². The number of nitriles is 2. The van der Waals surface area contributed by atoms with E-state index < -0.39 is 17.4 Å². The van der Waals surface area contributed by atoms with E-state index in [4.69, 9.17) is 15.3 Å². The molecule has 1 aromatic carbocycles. The molecular weight excluding hydrogens is 283 g/mol. The number of rotatable bonds is 2. The third-order valence-corrected chi connectivity index (χ3v) is 2.91. The summed E-state index contributed by atoms with van der Waals surface area (Å²) in [5, 5.41) is 17.7. The molecule has 0 aliphatic heterocycles. The Kier molecular flexibility index (Phi) is 3.60. The molecule has 0 bridgehead atoms. The Hall–Kier alpha value is -2.93. The zero-order valence-corrected chi connectivity index (χ0v) is 10.7. The van der Waals surface area contributed by atoms with Gasteiger partial charge >= 0.3 is 6.18 Å². The molecule has 4 nitrogen and oxygen atoms in total. The van der Waals surface area contributed by atoms with E-state index in [2.05, 4.69) is 4.98 Å². The molecule has 1 heterocycles. The normalized spacial score (nSPS) is 10.8. The van der Waals surface area contributed by atoms with Crippen LogP contribution in [0.5, 0.6) is 5.75 Å². The van der Waals surface area contributed by atoms with Gasteiger partial charge in [0.05, 0.1) is 18.2 Å². The van der Waals surface area contributed by atoms with Crippen LogP contribution in [0.2, 0.25) is 0 Å². The van der Waals surface area contributed by atoms with Crippen LogP contribution in [0.15, 0.2) is 24.4 Å². The molecule has 0 amide bonds. The number of hydrogen-bond acceptors (Lipinski definition) is 3. The van der Waals surface area contributed by atoms with Gasteiger partial charge in [-0.15, -0.1) is 0 Å². The summed E-state index contributed by atoms with van der Waals surface area (Å²) in [5.74, 6) is 0.169. The number of aromatic amines is 1. The Balaban J connectivity index is 2.67. The number of H-pyrrole nitrogens is 1. The van der Waals surface area contributed by atoms with E-state index in [0.717, 1.165) is 6.20 Å². The van der Waals surface area contributed by atoms with Gasteiger partial charge in [0.25, 0.3) is 0 Å². The third-order valence-electron chi connectivity index (χ3n) is 2.91. The molecule has 0 unspecified atom stereocenters. The molecular formula is C14H8F3N3O. The molecule has 0 radical (unpaired) electrons. The van der Waals surface area contributed by atoms with Crippen LogP contribution in [0, 0.1) is 22.7 Å². The molecule has 7 heteroatoms. The summed E-state index contributed by atoms with van der Waals surface area (Å²) in [4.78, 5) is 2.31. The fourth-order valence-corrected chi connectivity index (χ4v) is 1.98. The van der Waals surface area contributed by atoms with Crippen molar-refractivity contribution in [2.45, 2.75) is 6.18 Å². The van der Waals surface area contributed by atoms with Gasteiger partial charge in [-0.2, -0.15) is 23.7 Å². The highest BCUT2D eigenvalue weighted by atomic mass is 19.4. The Morgan fingerprint density at radius 1 is 1.19 bits per heavy atom. The van der Waals surface area contributed by atoms with Gasteiger partial charge in [-0.25, -0.2) is 0 Å². The average Bonchev–Trinajstić information content (AvgIpc) is 2.90. The van der Waals surface area contributed by atoms with Gasteiger partial charge in [-0.1, -0.05) is 6.07 Å². The van der Waals surface area contributed by atoms with Crippen molar-refractivity contribution in [2.24, 2.45) is 0 Å². The molecule has 106 valence electrons. The van der Waals surface area contributed by atoms with Gasteiger partial charge in [0.15, 0.2) is 0 Å². The summed E-state index contributed by atoms with van der Waals surface area (Å²) in [6.45, 7) is 0. The van der Waals surface area contributed by atoms with Crippen LogP contribution >= 0.6 is 0 Å². The second kappa shape index (κ2) is 5.22. The number of benzene rings is 1. The predicted octanol–water partition coefficient (Wildman–Crippen LogP) is 3.45. The van der Waals surface area contributed by atoms with Crippen molar-refractivity contribution in [1.82, 2.24) is 4.98 Å². The lowest BCUT2D eigenvalue weighted by atomic mass is 10.0. The fraction of sp³-hybridized carbons (Fsp3) is 0.143. The lowest BCUT2D eigenvalue weighted by molar-refractivity contribution is -0.137. The molecule has 0 spiro atoms. The van der Waals surface area contributed by atoms with Crippen LogP contribution in [-0.2, 0) is 6.18 Å². The highest BCUT2D eigenvalue weighted by Crippen LogP contribution is 2.40. The van der Waals surface area contributed by atoms with Crippen LogP contribution in [0.1, 0.15) is 16.8 Å². The number of nitrogens with zero attached hydrogens (tertiary/aromatic N) is 2. The summed E-state index contributed by atoms with van der Waals surface area (Å²) in [7, 11) is 1.32. The van der Waals surface area contributed by atoms with Crippen LogP contribution < -0.4 is 4.74 Å². The highest BCUT2D eigenvalue weighted by Gasteiger charge is 2.38. The minimum absolute atomic E-state index is 0.165. The van der Waals surface area contributed by atoms with Gasteiger partial charge < -0.3 is 9.72 Å². The molecule has 0 saturated carbocycles. The standard InChI is InChI=1S/C14H8F3N3O/c1-21-12-4-8(2-3-9(12)5-18)10-7-20-11(6-19)13(10)14(15,16)17/h2-4,7,20H,1H3. The molecule has 0 saturated heterocycles. The Morgan fingerprint density at radius 2 is 1.90 bits per heavy atom. The van der Waals surface area contributed by atoms with E-state index in [-0.39, 0.29) is 22.4 Å². The van der Waals surface area contributed by atoms with E-state index in [1.807, 2.05) is 6.07 Å². The second-order valence-electron chi connectivity index (χ2n) is 4.09. The lowest BCUT2D eigenvalue weighted by Crippen LogP contribution is -2.07. The minimum atomic E-state index is -4.67. The zero-order valence-electron chi connectivity index (χ0n) is 10.7. The van der Waals surface area contributed by atoms with Crippen molar-refractivity contribution in [2.75, 3.05) is 7.11 Å². The molecule has 1 aromatic heterocycles. The van der Waals surface area contributed by atoms with Crippen molar-refractivity contribution < 1.29 is 17.9 Å². The predicted molar refractivity (Wildman–Crippen MR) is 67.2 cm³/mol. The van der Waals surface area contributed by atoms with E-state index in [1.54, 1.807) is 0 Å². The number of alkyl halides is 3. The number of aromatic nitrogens is 1. The van der Waals surface area contributed by atoms with Crippen molar-refractivity contribution >= 4 is 0 Å². The monoisotopic (exact) mass is 291 g/mol. The van der Waals surface area contributed by atoms with E-state index in [1.165, 1.54) is 31.4 Å². The summed E-state index contributed by atoms with van der Waals surface area (Å²) in [6.07, 6.45) is -3.55. The van der Waals surface area contributed by atoms with Gasteiger partial charge in [0, 0.05) is 11.8 Å². The van der Waals surface area contributed by atoms with Crippen molar-refractivity contribution in [3.63, 3.8) is 0 Å². The maximum atomic E-state index is 13.1. The molecule has 2 aromatic rings. The highest BCUT2D eigenvalue weighted by molar-refractivity contribution is 5.72. The maximum absolute atomic E-state index is 13.1. The number of hydrogen-bond donors (Lipinski definition) is 1. The number of halogens is 3. The SMILES string of the molecule is COc1cc(-c2c[nH]c(C#N)c2C(F)(F)F)ccc1C#N. The van der Waals surface area contributed by atoms with Gasteiger partial charge in [-0.3, -0.25) is 0 Å². The van der Waals surface area contributed by atoms with E-state index in [0.29, 0.717) is 0 Å². The van der Waals surface area contributed by atoms with Gasteiger partial charge in [0.2, 0.25) is 0 Å². The number of nitrogens with one attached hydrogen (secondary N) is 1. The smallest absolute Gasteiger partial charge is 0.419 e. The molecule has 0 atom stereocenters. The third kappa shape index (κ3) is 2.54. The molecule has 0 aliphatic rings. The number of methoxy groups -OCH3 is 1. The summed E-state index contributed by atoms with van der Waals surface area (Å²) < 4.78 is 44.2. The second-order valence-corrected chi connectivity index (χ2v) is 4.09. The molecule has 21 heavy (non-hydrogen) atoms. The molecule has 0 aliphatic carbocycles. The van der Waals surface area contributed by atoms with E-state index in [9.17, 15) is 13.2 Å². The minimum Gasteiger partial charge on any atom is -0.495 e. The first kappa shape index (κ1) is 14.5. The fourth-order valence-electron chi connectivity index (χ4n) is 1.98. The summed E-state index contributed by atoms with van der Waals surface area (Å²) in [5.41, 5.74) is -1.33. The number of ether oxygens (including phenoxy) is 1. The maximum Gasteiger partial charge on any atom is 0.419 e. The summed E-state index contributed by atoms with van der Waals surface area (Å²) >= 11 is 0. The summed E-state index contributed by atoms with van der Waals surface area (Å²) in [6, 6.07) is 7.44. The Bertz CT molecular complexity index is 763. The lowest BCUT2D eigenvalue weighted by Gasteiger charge is -2.10. The molecule has 1 N–H and O–H groups in total.